The molecule has 0 spiro atoms. The Kier molecular flexibility index (Phi) is 4.52. The molecule has 0 aliphatic rings. The van der Waals surface area contributed by atoms with Crippen LogP contribution in [0.15, 0.2) is 28.9 Å². The predicted molar refractivity (Wildman–Crippen MR) is 80.5 cm³/mol. The van der Waals surface area contributed by atoms with Crippen molar-refractivity contribution >= 4 is 33.3 Å². The molecule has 1 aromatic heterocycles. The Labute approximate surface area is 129 Å². The van der Waals surface area contributed by atoms with Gasteiger partial charge in [-0.2, -0.15) is 0 Å². The van der Waals surface area contributed by atoms with Crippen molar-refractivity contribution in [2.75, 3.05) is 5.32 Å². The zero-order valence-electron chi connectivity index (χ0n) is 11.4. The van der Waals surface area contributed by atoms with E-state index >= 15 is 0 Å². The summed E-state index contributed by atoms with van der Waals surface area (Å²) in [6.07, 6.45) is 1.42. The van der Waals surface area contributed by atoms with Crippen LogP contribution >= 0.6 is 15.9 Å². The Balaban J connectivity index is 2.39. The summed E-state index contributed by atoms with van der Waals surface area (Å²) >= 11 is 3.07. The van der Waals surface area contributed by atoms with Gasteiger partial charge in [-0.3, -0.25) is 0 Å². The first-order chi connectivity index (χ1) is 9.88. The van der Waals surface area contributed by atoms with Crippen LogP contribution in [0.4, 0.5) is 15.8 Å². The summed E-state index contributed by atoms with van der Waals surface area (Å²) in [6.45, 7) is 3.76. The van der Waals surface area contributed by atoms with Crippen molar-refractivity contribution in [1.82, 2.24) is 9.97 Å². The van der Waals surface area contributed by atoms with Gasteiger partial charge in [0.2, 0.25) is 0 Å². The minimum Gasteiger partial charge on any atom is -0.476 e. The standard InChI is InChI=1S/C14H13BrFN3O2/c1-7(2)13-17-6-11(12(19-13)14(20)21)18-8-3-4-10(16)9(15)5-8/h3-7,18H,1-2H3,(H,20,21). The summed E-state index contributed by atoms with van der Waals surface area (Å²) in [5.74, 6) is -1.07. The van der Waals surface area contributed by atoms with Gasteiger partial charge in [0.05, 0.1) is 16.4 Å². The minimum atomic E-state index is -1.15. The molecule has 21 heavy (non-hydrogen) atoms. The van der Waals surface area contributed by atoms with E-state index in [0.717, 1.165) is 0 Å². The van der Waals surface area contributed by atoms with Crippen LogP contribution in [0.5, 0.6) is 0 Å². The maximum atomic E-state index is 13.2. The molecule has 2 rings (SSSR count). The van der Waals surface area contributed by atoms with Gasteiger partial charge in [-0.15, -0.1) is 0 Å². The molecule has 0 fully saturated rings. The number of carbonyl (C=O) groups is 1. The number of nitrogens with zero attached hydrogens (tertiary/aromatic N) is 2. The van der Waals surface area contributed by atoms with Crippen LogP contribution in [0, 0.1) is 5.82 Å². The number of hydrogen-bond donors (Lipinski definition) is 2. The van der Waals surface area contributed by atoms with E-state index in [1.165, 1.54) is 24.4 Å². The summed E-state index contributed by atoms with van der Waals surface area (Å²) in [7, 11) is 0. The normalized spacial score (nSPS) is 10.7. The number of nitrogens with one attached hydrogen (secondary N) is 1. The number of aromatic carboxylic acids is 1. The van der Waals surface area contributed by atoms with Crippen LogP contribution in [0.1, 0.15) is 36.1 Å². The first-order valence-corrected chi connectivity index (χ1v) is 7.00. The van der Waals surface area contributed by atoms with Crippen LogP contribution in [0.3, 0.4) is 0 Å². The van der Waals surface area contributed by atoms with E-state index in [-0.39, 0.29) is 21.8 Å². The van der Waals surface area contributed by atoms with Crippen molar-refractivity contribution < 1.29 is 14.3 Å². The van der Waals surface area contributed by atoms with E-state index in [4.69, 9.17) is 0 Å². The van der Waals surface area contributed by atoms with E-state index in [9.17, 15) is 14.3 Å². The van der Waals surface area contributed by atoms with Gasteiger partial charge in [-0.1, -0.05) is 13.8 Å². The van der Waals surface area contributed by atoms with E-state index < -0.39 is 11.8 Å². The van der Waals surface area contributed by atoms with Gasteiger partial charge in [0.25, 0.3) is 0 Å². The molecule has 0 radical (unpaired) electrons. The fraction of sp³-hybridized carbons (Fsp3) is 0.214. The highest BCUT2D eigenvalue weighted by molar-refractivity contribution is 9.10. The van der Waals surface area contributed by atoms with E-state index in [2.05, 4.69) is 31.2 Å². The molecule has 0 bridgehead atoms. The Morgan fingerprint density at radius 3 is 2.71 bits per heavy atom. The SMILES string of the molecule is CC(C)c1ncc(Nc2ccc(F)c(Br)c2)c(C(=O)O)n1. The third kappa shape index (κ3) is 3.55. The third-order valence-corrected chi connectivity index (χ3v) is 3.33. The molecule has 110 valence electrons. The van der Waals surface area contributed by atoms with Crippen LogP contribution in [-0.2, 0) is 0 Å². The number of anilines is 2. The van der Waals surface area contributed by atoms with Crippen molar-refractivity contribution in [3.63, 3.8) is 0 Å². The lowest BCUT2D eigenvalue weighted by Gasteiger charge is -2.11. The van der Waals surface area contributed by atoms with E-state index in [1.807, 2.05) is 13.8 Å². The zero-order chi connectivity index (χ0) is 15.6. The summed E-state index contributed by atoms with van der Waals surface area (Å²) in [4.78, 5) is 19.5. The number of hydrogen-bond acceptors (Lipinski definition) is 4. The molecule has 0 aliphatic heterocycles. The average molecular weight is 354 g/mol. The van der Waals surface area contributed by atoms with Gasteiger partial charge in [-0.25, -0.2) is 19.2 Å². The minimum absolute atomic E-state index is 0.0251. The number of carboxylic acid groups (broad SMARTS) is 1. The number of rotatable bonds is 4. The first-order valence-electron chi connectivity index (χ1n) is 6.20. The lowest BCUT2D eigenvalue weighted by Crippen LogP contribution is -2.10. The van der Waals surface area contributed by atoms with Crippen molar-refractivity contribution in [3.8, 4) is 0 Å². The van der Waals surface area contributed by atoms with Gasteiger partial charge < -0.3 is 10.4 Å². The Hall–Kier alpha value is -2.02. The number of halogens is 2. The second-order valence-corrected chi connectivity index (χ2v) is 5.56. The van der Waals surface area contributed by atoms with Gasteiger partial charge in [-0.05, 0) is 34.1 Å². The van der Waals surface area contributed by atoms with E-state index in [0.29, 0.717) is 11.5 Å². The van der Waals surface area contributed by atoms with Crippen molar-refractivity contribution in [2.45, 2.75) is 19.8 Å². The van der Waals surface area contributed by atoms with Crippen LogP contribution in [-0.4, -0.2) is 21.0 Å². The van der Waals surface area contributed by atoms with Crippen molar-refractivity contribution in [1.29, 1.82) is 0 Å². The van der Waals surface area contributed by atoms with Gasteiger partial charge in [0, 0.05) is 11.6 Å². The second kappa shape index (κ2) is 6.17. The summed E-state index contributed by atoms with van der Waals surface area (Å²) in [6, 6.07) is 4.29. The first kappa shape index (κ1) is 15.4. The molecule has 2 N–H and O–H groups in total. The maximum Gasteiger partial charge on any atom is 0.356 e. The maximum absolute atomic E-state index is 13.2. The molecule has 0 amide bonds. The zero-order valence-corrected chi connectivity index (χ0v) is 13.0. The van der Waals surface area contributed by atoms with Crippen molar-refractivity contribution in [2.24, 2.45) is 0 Å². The molecule has 2 aromatic rings. The topological polar surface area (TPSA) is 75.1 Å². The molecule has 1 heterocycles. The molecule has 1 aromatic carbocycles. The fourth-order valence-electron chi connectivity index (χ4n) is 1.66. The molecule has 7 heteroatoms. The molecule has 5 nitrogen and oxygen atoms in total. The average Bonchev–Trinajstić information content (AvgIpc) is 2.43. The molecular weight excluding hydrogens is 341 g/mol. The van der Waals surface area contributed by atoms with Crippen molar-refractivity contribution in [3.05, 3.63) is 46.2 Å². The quantitative estimate of drug-likeness (QED) is 0.870. The Morgan fingerprint density at radius 1 is 1.43 bits per heavy atom. The lowest BCUT2D eigenvalue weighted by molar-refractivity contribution is 0.0691. The predicted octanol–water partition coefficient (Wildman–Crippen LogP) is 3.94. The van der Waals surface area contributed by atoms with Crippen LogP contribution < -0.4 is 5.32 Å². The lowest BCUT2D eigenvalue weighted by atomic mass is 10.2. The van der Waals surface area contributed by atoms with Gasteiger partial charge >= 0.3 is 5.97 Å². The number of carboxylic acids is 1. The molecule has 0 saturated heterocycles. The highest BCUT2D eigenvalue weighted by Crippen LogP contribution is 2.25. The molecule has 0 atom stereocenters. The monoisotopic (exact) mass is 353 g/mol. The van der Waals surface area contributed by atoms with Crippen LogP contribution in [0.25, 0.3) is 0 Å². The smallest absolute Gasteiger partial charge is 0.356 e. The van der Waals surface area contributed by atoms with E-state index in [1.54, 1.807) is 0 Å². The highest BCUT2D eigenvalue weighted by atomic mass is 79.9. The summed E-state index contributed by atoms with van der Waals surface area (Å²) in [5.41, 5.74) is 0.672. The van der Waals surface area contributed by atoms with Crippen LogP contribution in [0.2, 0.25) is 0 Å². The molecule has 0 unspecified atom stereocenters. The molecular formula is C14H13BrFN3O2. The fourth-order valence-corrected chi connectivity index (χ4v) is 2.04. The largest absolute Gasteiger partial charge is 0.476 e. The highest BCUT2D eigenvalue weighted by Gasteiger charge is 2.16. The molecule has 0 aliphatic carbocycles. The number of aromatic nitrogens is 2. The summed E-state index contributed by atoms with van der Waals surface area (Å²) in [5, 5.41) is 12.1. The Bertz CT molecular complexity index is 692. The molecule has 0 saturated carbocycles. The second-order valence-electron chi connectivity index (χ2n) is 4.70. The number of benzene rings is 1. The van der Waals surface area contributed by atoms with Gasteiger partial charge in [0.1, 0.15) is 11.6 Å². The summed E-state index contributed by atoms with van der Waals surface area (Å²) < 4.78 is 13.5. The Morgan fingerprint density at radius 2 is 2.14 bits per heavy atom. The third-order valence-electron chi connectivity index (χ3n) is 2.72. The van der Waals surface area contributed by atoms with Gasteiger partial charge in [0.15, 0.2) is 5.69 Å².